The first-order chi connectivity index (χ1) is 7.62. The van der Waals surface area contributed by atoms with Crippen LogP contribution in [-0.2, 0) is 0 Å². The summed E-state index contributed by atoms with van der Waals surface area (Å²) in [5.74, 6) is 0. The molecule has 3 heteroatoms. The Morgan fingerprint density at radius 2 is 2.06 bits per heavy atom. The highest BCUT2D eigenvalue weighted by Crippen LogP contribution is 2.22. The van der Waals surface area contributed by atoms with Crippen molar-refractivity contribution in [3.8, 4) is 0 Å². The zero-order valence-corrected chi connectivity index (χ0v) is 11.3. The SMILES string of the molecule is CCCN1CCCC(CN)(NC(C)C)CC1. The summed E-state index contributed by atoms with van der Waals surface area (Å²) in [6.07, 6.45) is 4.95. The summed E-state index contributed by atoms with van der Waals surface area (Å²) < 4.78 is 0. The number of likely N-dealkylation sites (tertiary alicyclic amines) is 1. The molecule has 1 rings (SSSR count). The van der Waals surface area contributed by atoms with Gasteiger partial charge in [-0.05, 0) is 45.3 Å². The number of nitrogens with two attached hydrogens (primary N) is 1. The van der Waals surface area contributed by atoms with E-state index in [4.69, 9.17) is 5.73 Å². The molecule has 1 aliphatic rings. The van der Waals surface area contributed by atoms with Gasteiger partial charge in [-0.1, -0.05) is 20.8 Å². The summed E-state index contributed by atoms with van der Waals surface area (Å²) in [6, 6.07) is 0.529. The number of hydrogen-bond donors (Lipinski definition) is 2. The Kier molecular flexibility index (Phi) is 5.73. The minimum absolute atomic E-state index is 0.191. The van der Waals surface area contributed by atoms with Crippen LogP contribution in [0.4, 0.5) is 0 Å². The van der Waals surface area contributed by atoms with Crippen molar-refractivity contribution in [3.05, 3.63) is 0 Å². The van der Waals surface area contributed by atoms with E-state index in [0.29, 0.717) is 6.04 Å². The van der Waals surface area contributed by atoms with Crippen LogP contribution in [0.1, 0.15) is 46.5 Å². The van der Waals surface area contributed by atoms with E-state index in [1.54, 1.807) is 0 Å². The van der Waals surface area contributed by atoms with E-state index in [1.807, 2.05) is 0 Å². The smallest absolute Gasteiger partial charge is 0.0318 e. The molecule has 1 fully saturated rings. The molecule has 0 aliphatic carbocycles. The molecular weight excluding hydrogens is 198 g/mol. The summed E-state index contributed by atoms with van der Waals surface area (Å²) in [5.41, 5.74) is 6.19. The molecule has 3 N–H and O–H groups in total. The Morgan fingerprint density at radius 1 is 1.31 bits per heavy atom. The third-order valence-electron chi connectivity index (χ3n) is 3.56. The fourth-order valence-electron chi connectivity index (χ4n) is 2.81. The summed E-state index contributed by atoms with van der Waals surface area (Å²) in [4.78, 5) is 2.58. The first-order valence-corrected chi connectivity index (χ1v) is 6.82. The van der Waals surface area contributed by atoms with Crippen LogP contribution in [0.2, 0.25) is 0 Å². The van der Waals surface area contributed by atoms with Gasteiger partial charge in [-0.3, -0.25) is 0 Å². The fourth-order valence-corrected chi connectivity index (χ4v) is 2.81. The average molecular weight is 227 g/mol. The van der Waals surface area contributed by atoms with Crippen LogP contribution in [0.3, 0.4) is 0 Å². The van der Waals surface area contributed by atoms with Crippen molar-refractivity contribution >= 4 is 0 Å². The maximum Gasteiger partial charge on any atom is 0.0318 e. The highest BCUT2D eigenvalue weighted by molar-refractivity contribution is 4.93. The summed E-state index contributed by atoms with van der Waals surface area (Å²) in [6.45, 7) is 11.1. The fraction of sp³-hybridized carbons (Fsp3) is 1.00. The largest absolute Gasteiger partial charge is 0.329 e. The molecule has 0 bridgehead atoms. The van der Waals surface area contributed by atoms with Gasteiger partial charge in [0.05, 0.1) is 0 Å². The molecular formula is C13H29N3. The third-order valence-corrected chi connectivity index (χ3v) is 3.56. The third kappa shape index (κ3) is 4.04. The molecule has 1 aliphatic heterocycles. The highest BCUT2D eigenvalue weighted by atomic mass is 15.1. The van der Waals surface area contributed by atoms with Crippen molar-refractivity contribution in [3.63, 3.8) is 0 Å². The minimum Gasteiger partial charge on any atom is -0.329 e. The Balaban J connectivity index is 2.53. The number of nitrogens with zero attached hydrogens (tertiary/aromatic N) is 1. The standard InChI is InChI=1S/C13H29N3/c1-4-8-16-9-5-6-13(11-14,7-10-16)15-12(2)3/h12,15H,4-11,14H2,1-3H3. The second-order valence-corrected chi connectivity index (χ2v) is 5.48. The van der Waals surface area contributed by atoms with Crippen molar-refractivity contribution in [1.29, 1.82) is 0 Å². The van der Waals surface area contributed by atoms with Crippen LogP contribution < -0.4 is 11.1 Å². The molecule has 0 aromatic rings. The van der Waals surface area contributed by atoms with Crippen LogP contribution in [0, 0.1) is 0 Å². The normalized spacial score (nSPS) is 28.3. The van der Waals surface area contributed by atoms with Gasteiger partial charge < -0.3 is 16.0 Å². The van der Waals surface area contributed by atoms with Gasteiger partial charge in [0.15, 0.2) is 0 Å². The molecule has 1 unspecified atom stereocenters. The van der Waals surface area contributed by atoms with Gasteiger partial charge in [-0.2, -0.15) is 0 Å². The molecule has 0 radical (unpaired) electrons. The Bertz CT molecular complexity index is 194. The summed E-state index contributed by atoms with van der Waals surface area (Å²) in [7, 11) is 0. The molecule has 1 atom stereocenters. The van der Waals surface area contributed by atoms with E-state index >= 15 is 0 Å². The number of nitrogens with one attached hydrogen (secondary N) is 1. The second-order valence-electron chi connectivity index (χ2n) is 5.48. The lowest BCUT2D eigenvalue weighted by Crippen LogP contribution is -2.54. The van der Waals surface area contributed by atoms with Gasteiger partial charge in [0.2, 0.25) is 0 Å². The molecule has 0 amide bonds. The quantitative estimate of drug-likeness (QED) is 0.749. The lowest BCUT2D eigenvalue weighted by molar-refractivity contribution is 0.248. The van der Waals surface area contributed by atoms with E-state index in [2.05, 4.69) is 31.0 Å². The maximum atomic E-state index is 5.99. The zero-order chi connectivity index (χ0) is 12.0. The van der Waals surface area contributed by atoms with Gasteiger partial charge in [-0.15, -0.1) is 0 Å². The predicted molar refractivity (Wildman–Crippen MR) is 70.6 cm³/mol. The average Bonchev–Trinajstić information content (AvgIpc) is 2.42. The van der Waals surface area contributed by atoms with E-state index in [1.165, 1.54) is 45.3 Å². The van der Waals surface area contributed by atoms with Crippen LogP contribution >= 0.6 is 0 Å². The molecule has 96 valence electrons. The van der Waals surface area contributed by atoms with Crippen LogP contribution in [0.25, 0.3) is 0 Å². The zero-order valence-electron chi connectivity index (χ0n) is 11.3. The molecule has 0 aromatic heterocycles. The van der Waals surface area contributed by atoms with Crippen molar-refractivity contribution in [1.82, 2.24) is 10.2 Å². The molecule has 1 saturated heterocycles. The molecule has 0 saturated carbocycles. The van der Waals surface area contributed by atoms with Crippen molar-refractivity contribution in [2.24, 2.45) is 5.73 Å². The van der Waals surface area contributed by atoms with E-state index in [0.717, 1.165) is 6.54 Å². The molecule has 1 heterocycles. The van der Waals surface area contributed by atoms with Gasteiger partial charge in [0, 0.05) is 18.1 Å². The monoisotopic (exact) mass is 227 g/mol. The summed E-state index contributed by atoms with van der Waals surface area (Å²) >= 11 is 0. The van der Waals surface area contributed by atoms with Gasteiger partial charge >= 0.3 is 0 Å². The van der Waals surface area contributed by atoms with E-state index in [9.17, 15) is 0 Å². The van der Waals surface area contributed by atoms with Crippen LogP contribution in [0.5, 0.6) is 0 Å². The first-order valence-electron chi connectivity index (χ1n) is 6.82. The second kappa shape index (κ2) is 6.58. The molecule has 0 spiro atoms. The predicted octanol–water partition coefficient (Wildman–Crippen LogP) is 1.58. The van der Waals surface area contributed by atoms with Crippen molar-refractivity contribution in [2.75, 3.05) is 26.2 Å². The van der Waals surface area contributed by atoms with Crippen molar-refractivity contribution in [2.45, 2.75) is 58.0 Å². The van der Waals surface area contributed by atoms with Crippen molar-refractivity contribution < 1.29 is 0 Å². The van der Waals surface area contributed by atoms with E-state index < -0.39 is 0 Å². The highest BCUT2D eigenvalue weighted by Gasteiger charge is 2.31. The van der Waals surface area contributed by atoms with E-state index in [-0.39, 0.29) is 5.54 Å². The van der Waals surface area contributed by atoms with Gasteiger partial charge in [-0.25, -0.2) is 0 Å². The maximum absolute atomic E-state index is 5.99. The molecule has 0 aromatic carbocycles. The Morgan fingerprint density at radius 3 is 2.62 bits per heavy atom. The minimum atomic E-state index is 0.191. The van der Waals surface area contributed by atoms with Gasteiger partial charge in [0.25, 0.3) is 0 Å². The number of rotatable bonds is 5. The lowest BCUT2D eigenvalue weighted by Gasteiger charge is -2.35. The Labute approximate surface area is 101 Å². The topological polar surface area (TPSA) is 41.3 Å². The number of hydrogen-bond acceptors (Lipinski definition) is 3. The molecule has 16 heavy (non-hydrogen) atoms. The lowest BCUT2D eigenvalue weighted by atomic mass is 9.90. The van der Waals surface area contributed by atoms with Gasteiger partial charge in [0.1, 0.15) is 0 Å². The van der Waals surface area contributed by atoms with Crippen LogP contribution in [-0.4, -0.2) is 42.7 Å². The Hall–Kier alpha value is -0.120. The molecule has 3 nitrogen and oxygen atoms in total. The first kappa shape index (κ1) is 13.9. The van der Waals surface area contributed by atoms with Crippen LogP contribution in [0.15, 0.2) is 0 Å². The summed E-state index contributed by atoms with van der Waals surface area (Å²) in [5, 5.41) is 3.70.